The lowest BCUT2D eigenvalue weighted by Gasteiger charge is -2.22. The zero-order valence-corrected chi connectivity index (χ0v) is 11.7. The summed E-state index contributed by atoms with van der Waals surface area (Å²) in [7, 11) is 1.58. The normalized spacial score (nSPS) is 10.9. The van der Waals surface area contributed by atoms with Gasteiger partial charge in [0, 0.05) is 38.7 Å². The number of nitrogens with zero attached hydrogens (tertiary/aromatic N) is 1. The molecule has 0 saturated heterocycles. The second-order valence-electron chi connectivity index (χ2n) is 4.19. The average molecular weight is 288 g/mol. The zero-order valence-electron chi connectivity index (χ0n) is 10.9. The van der Waals surface area contributed by atoms with Gasteiger partial charge in [0.15, 0.2) is 0 Å². The van der Waals surface area contributed by atoms with Gasteiger partial charge >= 0.3 is 0 Å². The van der Waals surface area contributed by atoms with Crippen LogP contribution in [0.1, 0.15) is 12.0 Å². The lowest BCUT2D eigenvalue weighted by Crippen LogP contribution is -2.31. The number of halogens is 2. The standard InChI is InChI=1S/C13H18F2N2OS/c1-18-8-7-17(6-5-13(16)19)9-10-11(14)3-2-4-12(10)15/h2-4H,5-9H2,1H3,(H2,16,19). The van der Waals surface area contributed by atoms with Crippen molar-refractivity contribution in [3.05, 3.63) is 35.4 Å². The molecule has 3 nitrogen and oxygen atoms in total. The van der Waals surface area contributed by atoms with Gasteiger partial charge in [0.05, 0.1) is 11.6 Å². The molecule has 0 saturated carbocycles. The van der Waals surface area contributed by atoms with E-state index in [1.807, 2.05) is 4.90 Å². The van der Waals surface area contributed by atoms with E-state index in [-0.39, 0.29) is 12.1 Å². The fourth-order valence-electron chi connectivity index (χ4n) is 1.67. The summed E-state index contributed by atoms with van der Waals surface area (Å²) >= 11 is 4.81. The molecule has 0 spiro atoms. The Morgan fingerprint density at radius 1 is 1.32 bits per heavy atom. The number of ether oxygens (including phenoxy) is 1. The summed E-state index contributed by atoms with van der Waals surface area (Å²) in [4.78, 5) is 2.25. The Morgan fingerprint density at radius 2 is 1.95 bits per heavy atom. The minimum absolute atomic E-state index is 0.0570. The van der Waals surface area contributed by atoms with Crippen LogP contribution in [0.3, 0.4) is 0 Å². The summed E-state index contributed by atoms with van der Waals surface area (Å²) in [6.07, 6.45) is 0.509. The molecule has 106 valence electrons. The predicted octanol–water partition coefficient (Wildman–Crippen LogP) is 2.09. The van der Waals surface area contributed by atoms with Gasteiger partial charge in [-0.3, -0.25) is 4.90 Å². The largest absolute Gasteiger partial charge is 0.393 e. The predicted molar refractivity (Wildman–Crippen MR) is 74.9 cm³/mol. The molecule has 6 heteroatoms. The van der Waals surface area contributed by atoms with E-state index < -0.39 is 11.6 Å². The van der Waals surface area contributed by atoms with Gasteiger partial charge in [-0.1, -0.05) is 18.3 Å². The van der Waals surface area contributed by atoms with Gasteiger partial charge < -0.3 is 10.5 Å². The van der Waals surface area contributed by atoms with Crippen LogP contribution in [-0.4, -0.2) is 36.7 Å². The highest BCUT2D eigenvalue weighted by Gasteiger charge is 2.13. The molecule has 19 heavy (non-hydrogen) atoms. The van der Waals surface area contributed by atoms with Gasteiger partial charge in [0.1, 0.15) is 11.6 Å². The van der Waals surface area contributed by atoms with Crippen molar-refractivity contribution in [2.24, 2.45) is 5.73 Å². The van der Waals surface area contributed by atoms with Crippen molar-refractivity contribution in [1.29, 1.82) is 0 Å². The van der Waals surface area contributed by atoms with Crippen LogP contribution in [0.25, 0.3) is 0 Å². The lowest BCUT2D eigenvalue weighted by molar-refractivity contribution is 0.144. The molecule has 0 radical (unpaired) electrons. The van der Waals surface area contributed by atoms with Crippen molar-refractivity contribution in [3.8, 4) is 0 Å². The number of methoxy groups -OCH3 is 1. The molecule has 0 aliphatic heterocycles. The first-order chi connectivity index (χ1) is 9.04. The fraction of sp³-hybridized carbons (Fsp3) is 0.462. The third kappa shape index (κ3) is 5.59. The minimum atomic E-state index is -0.544. The minimum Gasteiger partial charge on any atom is -0.393 e. The molecule has 0 fully saturated rings. The second-order valence-corrected chi connectivity index (χ2v) is 4.71. The molecular weight excluding hydrogens is 270 g/mol. The maximum atomic E-state index is 13.6. The third-order valence-electron chi connectivity index (χ3n) is 2.73. The van der Waals surface area contributed by atoms with E-state index in [0.717, 1.165) is 0 Å². The van der Waals surface area contributed by atoms with Crippen molar-refractivity contribution in [3.63, 3.8) is 0 Å². The van der Waals surface area contributed by atoms with Crippen molar-refractivity contribution in [1.82, 2.24) is 4.90 Å². The first-order valence-corrected chi connectivity index (χ1v) is 6.38. The molecular formula is C13H18F2N2OS. The summed E-state index contributed by atoms with van der Waals surface area (Å²) < 4.78 is 32.2. The Kier molecular flexibility index (Phi) is 6.83. The van der Waals surface area contributed by atoms with Crippen LogP contribution in [0, 0.1) is 11.6 Å². The van der Waals surface area contributed by atoms with Crippen LogP contribution in [0.4, 0.5) is 8.78 Å². The average Bonchev–Trinajstić information content (AvgIpc) is 2.36. The number of rotatable bonds is 8. The Bertz CT molecular complexity index is 409. The lowest BCUT2D eigenvalue weighted by atomic mass is 10.2. The summed E-state index contributed by atoms with van der Waals surface area (Å²) in [5.74, 6) is -1.09. The molecule has 0 unspecified atom stereocenters. The van der Waals surface area contributed by atoms with E-state index in [2.05, 4.69) is 0 Å². The van der Waals surface area contributed by atoms with E-state index >= 15 is 0 Å². The molecule has 0 aliphatic carbocycles. The Labute approximate surface area is 117 Å². The summed E-state index contributed by atoms with van der Waals surface area (Å²) in [5, 5.41) is 0. The highest BCUT2D eigenvalue weighted by molar-refractivity contribution is 7.80. The Balaban J connectivity index is 2.72. The van der Waals surface area contributed by atoms with Crippen LogP contribution in [0.2, 0.25) is 0 Å². The molecule has 1 rings (SSSR count). The van der Waals surface area contributed by atoms with Crippen molar-refractivity contribution in [2.75, 3.05) is 26.8 Å². The van der Waals surface area contributed by atoms with E-state index in [1.54, 1.807) is 7.11 Å². The third-order valence-corrected chi connectivity index (χ3v) is 2.93. The van der Waals surface area contributed by atoms with E-state index in [1.165, 1.54) is 18.2 Å². The molecule has 0 amide bonds. The van der Waals surface area contributed by atoms with Crippen LogP contribution < -0.4 is 5.73 Å². The number of hydrogen-bond acceptors (Lipinski definition) is 3. The molecule has 0 heterocycles. The Morgan fingerprint density at radius 3 is 2.47 bits per heavy atom. The molecule has 0 bridgehead atoms. The Hall–Kier alpha value is -1.11. The smallest absolute Gasteiger partial charge is 0.130 e. The summed E-state index contributed by atoms with van der Waals surface area (Å²) in [6, 6.07) is 3.85. The first kappa shape index (κ1) is 15.9. The maximum absolute atomic E-state index is 13.6. The molecule has 0 aromatic heterocycles. The topological polar surface area (TPSA) is 38.5 Å². The SMILES string of the molecule is COCCN(CCC(N)=S)Cc1c(F)cccc1F. The molecule has 0 atom stereocenters. The van der Waals surface area contributed by atoms with Gasteiger partial charge in [-0.2, -0.15) is 0 Å². The van der Waals surface area contributed by atoms with Crippen molar-refractivity contribution in [2.45, 2.75) is 13.0 Å². The number of nitrogens with two attached hydrogens (primary N) is 1. The van der Waals surface area contributed by atoms with E-state index in [9.17, 15) is 8.78 Å². The van der Waals surface area contributed by atoms with Crippen LogP contribution in [0.5, 0.6) is 0 Å². The number of thiocarbonyl (C=S) groups is 1. The molecule has 2 N–H and O–H groups in total. The molecule has 1 aromatic carbocycles. The summed E-state index contributed by atoms with van der Waals surface area (Å²) in [6.45, 7) is 1.76. The summed E-state index contributed by atoms with van der Waals surface area (Å²) in [5.41, 5.74) is 5.50. The van der Waals surface area contributed by atoms with Crippen LogP contribution >= 0.6 is 12.2 Å². The molecule has 0 aliphatic rings. The fourth-order valence-corrected chi connectivity index (χ4v) is 1.76. The maximum Gasteiger partial charge on any atom is 0.130 e. The highest BCUT2D eigenvalue weighted by Crippen LogP contribution is 2.14. The highest BCUT2D eigenvalue weighted by atomic mass is 32.1. The number of hydrogen-bond donors (Lipinski definition) is 1. The van der Waals surface area contributed by atoms with Gasteiger partial charge in [0.2, 0.25) is 0 Å². The van der Waals surface area contributed by atoms with Gasteiger partial charge in [-0.15, -0.1) is 0 Å². The van der Waals surface area contributed by atoms with Gasteiger partial charge in [-0.05, 0) is 12.1 Å². The number of benzene rings is 1. The first-order valence-electron chi connectivity index (χ1n) is 5.97. The van der Waals surface area contributed by atoms with Crippen LogP contribution in [0.15, 0.2) is 18.2 Å². The van der Waals surface area contributed by atoms with Crippen molar-refractivity contribution >= 4 is 17.2 Å². The molecule has 1 aromatic rings. The quantitative estimate of drug-likeness (QED) is 0.743. The second kappa shape index (κ2) is 8.14. The zero-order chi connectivity index (χ0) is 14.3. The van der Waals surface area contributed by atoms with Crippen LogP contribution in [-0.2, 0) is 11.3 Å². The monoisotopic (exact) mass is 288 g/mol. The van der Waals surface area contributed by atoms with E-state index in [0.29, 0.717) is 31.1 Å². The van der Waals surface area contributed by atoms with E-state index in [4.69, 9.17) is 22.7 Å². The van der Waals surface area contributed by atoms with Gasteiger partial charge in [-0.25, -0.2) is 8.78 Å². The van der Waals surface area contributed by atoms with Gasteiger partial charge in [0.25, 0.3) is 0 Å². The van der Waals surface area contributed by atoms with Crippen molar-refractivity contribution < 1.29 is 13.5 Å².